The summed E-state index contributed by atoms with van der Waals surface area (Å²) in [5.74, 6) is 1.39. The quantitative estimate of drug-likeness (QED) is 0.771. The largest absolute Gasteiger partial charge is 0.384 e. The van der Waals surface area contributed by atoms with Crippen LogP contribution in [-0.2, 0) is 5.60 Å². The molecule has 0 aliphatic heterocycles. The molecule has 0 bridgehead atoms. The Morgan fingerprint density at radius 1 is 1.33 bits per heavy atom. The van der Waals surface area contributed by atoms with Crippen molar-refractivity contribution in [1.29, 1.82) is 0 Å². The molecule has 0 amide bonds. The van der Waals surface area contributed by atoms with Crippen LogP contribution in [0.1, 0.15) is 42.9 Å². The Hall–Kier alpha value is -0.340. The Balaban J connectivity index is 2.20. The maximum absolute atomic E-state index is 10.7. The lowest BCUT2D eigenvalue weighted by Crippen LogP contribution is -2.34. The number of rotatable bonds is 1. The summed E-state index contributed by atoms with van der Waals surface area (Å²) in [4.78, 5) is 2.46. The summed E-state index contributed by atoms with van der Waals surface area (Å²) in [6, 6.07) is 4.21. The van der Waals surface area contributed by atoms with Crippen LogP contribution >= 0.6 is 11.3 Å². The lowest BCUT2D eigenvalue weighted by atomic mass is 9.72. The molecule has 3 unspecified atom stereocenters. The Kier molecular flexibility index (Phi) is 2.91. The van der Waals surface area contributed by atoms with Crippen LogP contribution in [0.4, 0.5) is 0 Å². The molecule has 2 heteroatoms. The van der Waals surface area contributed by atoms with E-state index in [1.807, 2.05) is 0 Å². The van der Waals surface area contributed by atoms with E-state index in [9.17, 15) is 5.11 Å². The Labute approximate surface area is 96.1 Å². The van der Waals surface area contributed by atoms with E-state index < -0.39 is 5.60 Å². The van der Waals surface area contributed by atoms with E-state index in [0.717, 1.165) is 25.2 Å². The van der Waals surface area contributed by atoms with Crippen LogP contribution in [0.3, 0.4) is 0 Å². The highest BCUT2D eigenvalue weighted by Gasteiger charge is 2.38. The van der Waals surface area contributed by atoms with Gasteiger partial charge >= 0.3 is 0 Å². The van der Waals surface area contributed by atoms with Crippen LogP contribution in [0.5, 0.6) is 0 Å². The number of hydrogen-bond donors (Lipinski definition) is 1. The van der Waals surface area contributed by atoms with Crippen LogP contribution in [0, 0.1) is 18.8 Å². The molecule has 0 aromatic carbocycles. The van der Waals surface area contributed by atoms with Crippen LogP contribution in [0.25, 0.3) is 0 Å². The molecule has 1 N–H and O–H groups in total. The third-order valence-corrected chi connectivity index (χ3v) is 5.04. The molecule has 1 aliphatic rings. The summed E-state index contributed by atoms with van der Waals surface area (Å²) >= 11 is 1.75. The van der Waals surface area contributed by atoms with Crippen molar-refractivity contribution in [3.63, 3.8) is 0 Å². The van der Waals surface area contributed by atoms with Crippen molar-refractivity contribution in [2.45, 2.75) is 45.6 Å². The van der Waals surface area contributed by atoms with Crippen LogP contribution in [0.2, 0.25) is 0 Å². The summed E-state index contributed by atoms with van der Waals surface area (Å²) in [5, 5.41) is 10.7. The molecular formula is C13H20OS. The fourth-order valence-corrected chi connectivity index (χ4v) is 3.49. The molecule has 0 spiro atoms. The van der Waals surface area contributed by atoms with Crippen molar-refractivity contribution in [3.8, 4) is 0 Å². The zero-order chi connectivity index (χ0) is 11.1. The first-order chi connectivity index (χ1) is 7.01. The molecule has 15 heavy (non-hydrogen) atoms. The third kappa shape index (κ3) is 2.11. The second kappa shape index (κ2) is 3.91. The van der Waals surface area contributed by atoms with Gasteiger partial charge in [0.1, 0.15) is 0 Å². The second-order valence-electron chi connectivity index (χ2n) is 5.14. The van der Waals surface area contributed by atoms with Crippen molar-refractivity contribution < 1.29 is 5.11 Å². The van der Waals surface area contributed by atoms with Crippen LogP contribution < -0.4 is 0 Å². The van der Waals surface area contributed by atoms with Gasteiger partial charge in [0, 0.05) is 9.75 Å². The highest BCUT2D eigenvalue weighted by atomic mass is 32.1. The average molecular weight is 224 g/mol. The molecule has 1 saturated carbocycles. The van der Waals surface area contributed by atoms with E-state index in [2.05, 4.69) is 32.9 Å². The van der Waals surface area contributed by atoms with Crippen molar-refractivity contribution in [2.24, 2.45) is 11.8 Å². The minimum absolute atomic E-state index is 0.537. The lowest BCUT2D eigenvalue weighted by molar-refractivity contribution is -0.0305. The molecule has 1 aromatic heterocycles. The van der Waals surface area contributed by atoms with Gasteiger partial charge in [0.2, 0.25) is 0 Å². The molecule has 1 heterocycles. The summed E-state index contributed by atoms with van der Waals surface area (Å²) in [5.41, 5.74) is -0.537. The fourth-order valence-electron chi connectivity index (χ4n) is 2.50. The molecule has 1 aliphatic carbocycles. The van der Waals surface area contributed by atoms with Crippen molar-refractivity contribution in [1.82, 2.24) is 0 Å². The van der Waals surface area contributed by atoms with Crippen LogP contribution in [0.15, 0.2) is 12.1 Å². The van der Waals surface area contributed by atoms with Gasteiger partial charge < -0.3 is 5.11 Å². The third-order valence-electron chi connectivity index (χ3n) is 3.84. The Morgan fingerprint density at radius 3 is 2.60 bits per heavy atom. The van der Waals surface area contributed by atoms with Crippen LogP contribution in [-0.4, -0.2) is 5.11 Å². The average Bonchev–Trinajstić information content (AvgIpc) is 2.60. The molecule has 1 aromatic rings. The second-order valence-corrected chi connectivity index (χ2v) is 6.43. The van der Waals surface area contributed by atoms with E-state index >= 15 is 0 Å². The van der Waals surface area contributed by atoms with E-state index in [-0.39, 0.29) is 0 Å². The minimum Gasteiger partial charge on any atom is -0.384 e. The monoisotopic (exact) mass is 224 g/mol. The molecule has 84 valence electrons. The van der Waals surface area contributed by atoms with Crippen molar-refractivity contribution in [3.05, 3.63) is 21.9 Å². The molecule has 0 radical (unpaired) electrons. The van der Waals surface area contributed by atoms with Crippen molar-refractivity contribution >= 4 is 11.3 Å². The standard InChI is InChI=1S/C13H20OS/c1-9-6-7-13(14,8-10(9)2)12-5-4-11(3)15-12/h4-5,9-10,14H,6-8H2,1-3H3. The lowest BCUT2D eigenvalue weighted by Gasteiger charge is -2.38. The van der Waals surface area contributed by atoms with E-state index in [0.29, 0.717) is 5.92 Å². The number of aliphatic hydroxyl groups is 1. The molecule has 1 fully saturated rings. The molecule has 1 nitrogen and oxygen atoms in total. The van der Waals surface area contributed by atoms with Gasteiger partial charge in [-0.25, -0.2) is 0 Å². The summed E-state index contributed by atoms with van der Waals surface area (Å²) in [7, 11) is 0. The zero-order valence-corrected chi connectivity index (χ0v) is 10.6. The zero-order valence-electron chi connectivity index (χ0n) is 9.79. The van der Waals surface area contributed by atoms with E-state index in [1.54, 1.807) is 11.3 Å². The first-order valence-corrected chi connectivity index (χ1v) is 6.62. The Morgan fingerprint density at radius 2 is 2.07 bits per heavy atom. The number of hydrogen-bond acceptors (Lipinski definition) is 2. The maximum atomic E-state index is 10.7. The molecular weight excluding hydrogens is 204 g/mol. The smallest absolute Gasteiger partial charge is 0.0990 e. The number of thiophene rings is 1. The normalized spacial score (nSPS) is 36.8. The first-order valence-electron chi connectivity index (χ1n) is 5.80. The first kappa shape index (κ1) is 11.2. The molecule has 0 saturated heterocycles. The van der Waals surface area contributed by atoms with Gasteiger partial charge in [-0.1, -0.05) is 13.8 Å². The number of aryl methyl sites for hydroxylation is 1. The fraction of sp³-hybridized carbons (Fsp3) is 0.692. The Bertz CT molecular complexity index is 344. The van der Waals surface area contributed by atoms with Gasteiger partial charge in [0.15, 0.2) is 0 Å². The van der Waals surface area contributed by atoms with Gasteiger partial charge in [-0.15, -0.1) is 11.3 Å². The van der Waals surface area contributed by atoms with Gasteiger partial charge in [-0.05, 0) is 50.2 Å². The minimum atomic E-state index is -0.537. The summed E-state index contributed by atoms with van der Waals surface area (Å²) in [6.45, 7) is 6.66. The predicted octanol–water partition coefficient (Wildman–Crippen LogP) is 3.70. The van der Waals surface area contributed by atoms with Gasteiger partial charge in [0.25, 0.3) is 0 Å². The highest BCUT2D eigenvalue weighted by Crippen LogP contribution is 2.44. The van der Waals surface area contributed by atoms with Gasteiger partial charge in [-0.3, -0.25) is 0 Å². The SMILES string of the molecule is Cc1ccc(C2(O)CCC(C)C(C)C2)s1. The van der Waals surface area contributed by atoms with E-state index in [4.69, 9.17) is 0 Å². The molecule has 2 rings (SSSR count). The topological polar surface area (TPSA) is 20.2 Å². The van der Waals surface area contributed by atoms with E-state index in [1.165, 1.54) is 9.75 Å². The van der Waals surface area contributed by atoms with Gasteiger partial charge in [-0.2, -0.15) is 0 Å². The predicted molar refractivity (Wildman–Crippen MR) is 65.1 cm³/mol. The van der Waals surface area contributed by atoms with Crippen molar-refractivity contribution in [2.75, 3.05) is 0 Å². The summed E-state index contributed by atoms with van der Waals surface area (Å²) < 4.78 is 0. The summed E-state index contributed by atoms with van der Waals surface area (Å²) in [6.07, 6.45) is 3.00. The maximum Gasteiger partial charge on any atom is 0.0990 e. The van der Waals surface area contributed by atoms with Gasteiger partial charge in [0.05, 0.1) is 5.60 Å². The molecule has 3 atom stereocenters. The highest BCUT2D eigenvalue weighted by molar-refractivity contribution is 7.12.